The molecule has 1 saturated heterocycles. The first-order valence-corrected chi connectivity index (χ1v) is 8.63. The highest BCUT2D eigenvalue weighted by Crippen LogP contribution is 2.34. The topological polar surface area (TPSA) is 58.4 Å². The fraction of sp³-hybridized carbons (Fsp3) is 0.556. The second-order valence-electron chi connectivity index (χ2n) is 6.83. The van der Waals surface area contributed by atoms with Crippen molar-refractivity contribution in [3.05, 3.63) is 30.1 Å². The molecule has 1 aliphatic heterocycles. The first-order chi connectivity index (χ1) is 11.2. The Bertz CT molecular complexity index is 712. The van der Waals surface area contributed by atoms with E-state index in [0.717, 1.165) is 16.9 Å². The molecule has 0 bridgehead atoms. The third kappa shape index (κ3) is 2.74. The van der Waals surface area contributed by atoms with Gasteiger partial charge in [-0.15, -0.1) is 0 Å². The molecule has 1 saturated carbocycles. The van der Waals surface area contributed by atoms with Gasteiger partial charge >= 0.3 is 0 Å². The number of hydrogen-bond acceptors (Lipinski definition) is 3. The van der Waals surface area contributed by atoms with E-state index in [9.17, 15) is 9.90 Å². The quantitative estimate of drug-likeness (QED) is 0.946. The number of aliphatic hydroxyl groups excluding tert-OH is 1. The number of nitrogens with zero attached hydrogens (tertiary/aromatic N) is 3. The van der Waals surface area contributed by atoms with Gasteiger partial charge in [-0.3, -0.25) is 4.79 Å². The van der Waals surface area contributed by atoms with Crippen LogP contribution in [0, 0.1) is 0 Å². The molecule has 5 heteroatoms. The minimum Gasteiger partial charge on any atom is -0.389 e. The van der Waals surface area contributed by atoms with Crippen LogP contribution in [0.25, 0.3) is 11.0 Å². The number of imidazole rings is 1. The van der Waals surface area contributed by atoms with Gasteiger partial charge in [-0.25, -0.2) is 4.98 Å². The molecular weight excluding hydrogens is 290 g/mol. The molecule has 0 spiro atoms. The fourth-order valence-corrected chi connectivity index (χ4v) is 3.83. The number of carbonyl (C=O) groups is 1. The average Bonchev–Trinajstić information content (AvgIpc) is 2.91. The molecule has 1 aromatic heterocycles. The van der Waals surface area contributed by atoms with Gasteiger partial charge in [0.1, 0.15) is 12.4 Å². The van der Waals surface area contributed by atoms with Crippen LogP contribution in [0.3, 0.4) is 0 Å². The average molecular weight is 313 g/mol. The third-order valence-electron chi connectivity index (χ3n) is 5.16. The molecule has 1 N–H and O–H groups in total. The van der Waals surface area contributed by atoms with Crippen molar-refractivity contribution in [1.29, 1.82) is 0 Å². The first-order valence-electron chi connectivity index (χ1n) is 8.63. The van der Waals surface area contributed by atoms with Gasteiger partial charge in [-0.2, -0.15) is 0 Å². The summed E-state index contributed by atoms with van der Waals surface area (Å²) >= 11 is 0. The predicted molar refractivity (Wildman–Crippen MR) is 88.1 cm³/mol. The molecule has 23 heavy (non-hydrogen) atoms. The Kier molecular flexibility index (Phi) is 3.81. The van der Waals surface area contributed by atoms with Crippen LogP contribution in [0.4, 0.5) is 0 Å². The number of carbonyl (C=O) groups excluding carboxylic acids is 1. The van der Waals surface area contributed by atoms with Gasteiger partial charge in [0, 0.05) is 19.0 Å². The molecule has 2 heterocycles. The summed E-state index contributed by atoms with van der Waals surface area (Å²) in [6.45, 7) is 1.26. The van der Waals surface area contributed by atoms with Crippen molar-refractivity contribution in [3.63, 3.8) is 0 Å². The molecular formula is C18H23N3O2. The van der Waals surface area contributed by atoms with E-state index in [0.29, 0.717) is 25.6 Å². The van der Waals surface area contributed by atoms with Crippen LogP contribution in [0.1, 0.15) is 43.8 Å². The van der Waals surface area contributed by atoms with Crippen molar-refractivity contribution >= 4 is 16.9 Å². The van der Waals surface area contributed by atoms with Crippen molar-refractivity contribution in [3.8, 4) is 0 Å². The molecule has 122 valence electrons. The zero-order valence-electron chi connectivity index (χ0n) is 13.3. The number of fused-ring (bicyclic) bond motifs is 1. The minimum absolute atomic E-state index is 0.0792. The maximum Gasteiger partial charge on any atom is 0.242 e. The Labute approximate surface area is 135 Å². The smallest absolute Gasteiger partial charge is 0.242 e. The first kappa shape index (κ1) is 14.7. The number of aromatic nitrogens is 2. The zero-order valence-corrected chi connectivity index (χ0v) is 13.3. The zero-order chi connectivity index (χ0) is 15.8. The van der Waals surface area contributed by atoms with Gasteiger partial charge in [-0.05, 0) is 25.0 Å². The van der Waals surface area contributed by atoms with E-state index < -0.39 is 0 Å². The maximum atomic E-state index is 12.5. The van der Waals surface area contributed by atoms with Crippen molar-refractivity contribution in [2.24, 2.45) is 0 Å². The molecule has 1 amide bonds. The normalized spacial score (nSPS) is 20.0. The Morgan fingerprint density at radius 2 is 1.91 bits per heavy atom. The molecule has 1 aromatic carbocycles. The second kappa shape index (κ2) is 5.96. The van der Waals surface area contributed by atoms with Crippen LogP contribution in [0.15, 0.2) is 24.3 Å². The highest BCUT2D eigenvalue weighted by molar-refractivity contribution is 5.81. The highest BCUT2D eigenvalue weighted by atomic mass is 16.3. The molecule has 2 aromatic rings. The van der Waals surface area contributed by atoms with E-state index in [2.05, 4.69) is 4.57 Å². The van der Waals surface area contributed by atoms with Crippen LogP contribution >= 0.6 is 0 Å². The van der Waals surface area contributed by atoms with Crippen LogP contribution in [0.5, 0.6) is 0 Å². The third-order valence-corrected chi connectivity index (χ3v) is 5.16. The van der Waals surface area contributed by atoms with E-state index >= 15 is 0 Å². The van der Waals surface area contributed by atoms with Crippen LogP contribution in [-0.4, -0.2) is 44.7 Å². The van der Waals surface area contributed by atoms with E-state index in [1.165, 1.54) is 32.1 Å². The van der Waals surface area contributed by atoms with Gasteiger partial charge in [0.25, 0.3) is 0 Å². The van der Waals surface area contributed by atoms with Gasteiger partial charge in [0.15, 0.2) is 0 Å². The van der Waals surface area contributed by atoms with Crippen LogP contribution in [-0.2, 0) is 11.3 Å². The van der Waals surface area contributed by atoms with Gasteiger partial charge in [0.2, 0.25) is 5.91 Å². The number of benzene rings is 1. The summed E-state index contributed by atoms with van der Waals surface area (Å²) in [5, 5.41) is 9.41. The summed E-state index contributed by atoms with van der Waals surface area (Å²) < 4.78 is 2.11. The Balaban J connectivity index is 1.66. The molecule has 2 aliphatic rings. The second-order valence-corrected chi connectivity index (χ2v) is 6.83. The summed E-state index contributed by atoms with van der Waals surface area (Å²) in [5.74, 6) is 1.61. The van der Waals surface area contributed by atoms with E-state index in [1.807, 2.05) is 24.3 Å². The van der Waals surface area contributed by atoms with Crippen molar-refractivity contribution in [2.75, 3.05) is 13.1 Å². The number of amides is 1. The lowest BCUT2D eigenvalue weighted by molar-refractivity contribution is -0.141. The van der Waals surface area contributed by atoms with Gasteiger partial charge in [-0.1, -0.05) is 31.4 Å². The number of para-hydroxylation sites is 2. The lowest BCUT2D eigenvalue weighted by atomic mass is 9.88. The largest absolute Gasteiger partial charge is 0.389 e. The van der Waals surface area contributed by atoms with E-state index in [1.54, 1.807) is 4.90 Å². The number of likely N-dealkylation sites (tertiary alicyclic amines) is 1. The Morgan fingerprint density at radius 3 is 2.65 bits per heavy atom. The summed E-state index contributed by atoms with van der Waals surface area (Å²) in [5.41, 5.74) is 2.02. The summed E-state index contributed by atoms with van der Waals surface area (Å²) in [4.78, 5) is 19.1. The molecule has 1 aliphatic carbocycles. The fourth-order valence-electron chi connectivity index (χ4n) is 3.83. The minimum atomic E-state index is -0.351. The number of hydrogen-bond donors (Lipinski definition) is 1. The molecule has 0 radical (unpaired) electrons. The monoisotopic (exact) mass is 313 g/mol. The van der Waals surface area contributed by atoms with Gasteiger partial charge < -0.3 is 14.6 Å². The molecule has 2 fully saturated rings. The van der Waals surface area contributed by atoms with E-state index in [-0.39, 0.29) is 12.0 Å². The lowest BCUT2D eigenvalue weighted by Gasteiger charge is -2.36. The Morgan fingerprint density at radius 1 is 1.17 bits per heavy atom. The lowest BCUT2D eigenvalue weighted by Crippen LogP contribution is -2.54. The van der Waals surface area contributed by atoms with Crippen molar-refractivity contribution in [1.82, 2.24) is 14.5 Å². The molecule has 0 atom stereocenters. The highest BCUT2D eigenvalue weighted by Gasteiger charge is 2.30. The van der Waals surface area contributed by atoms with E-state index in [4.69, 9.17) is 4.98 Å². The number of rotatable bonds is 3. The van der Waals surface area contributed by atoms with Crippen LogP contribution < -0.4 is 0 Å². The van der Waals surface area contributed by atoms with Crippen molar-refractivity contribution < 1.29 is 9.90 Å². The maximum absolute atomic E-state index is 12.5. The van der Waals surface area contributed by atoms with Crippen LogP contribution in [0.2, 0.25) is 0 Å². The van der Waals surface area contributed by atoms with Gasteiger partial charge in [0.05, 0.1) is 17.1 Å². The Hall–Kier alpha value is -1.88. The summed E-state index contributed by atoms with van der Waals surface area (Å²) in [6, 6.07) is 8.07. The standard InChI is InChI=1S/C18H23N3O2/c22-14-10-20(11-14)17(23)12-21-16-9-5-4-8-15(16)19-18(21)13-6-2-1-3-7-13/h4-5,8-9,13-14,22H,1-3,6-7,10-12H2. The summed E-state index contributed by atoms with van der Waals surface area (Å²) in [6.07, 6.45) is 5.79. The number of aliphatic hydroxyl groups is 1. The SMILES string of the molecule is O=C(Cn1c(C2CCCCC2)nc2ccccc21)N1CC(O)C1. The van der Waals surface area contributed by atoms with Crippen molar-refractivity contribution in [2.45, 2.75) is 50.7 Å². The number of β-amino-alcohol motifs (C(OH)–C–C–N with tert-alkyl or cyclic N) is 1. The molecule has 0 unspecified atom stereocenters. The molecule has 5 nitrogen and oxygen atoms in total. The predicted octanol–water partition coefficient (Wildman–Crippen LogP) is 2.29. The molecule has 4 rings (SSSR count). The summed E-state index contributed by atoms with van der Waals surface area (Å²) in [7, 11) is 0.